The Kier molecular flexibility index (Phi) is 3.97. The highest BCUT2D eigenvalue weighted by molar-refractivity contribution is 5.23. The molecule has 0 bridgehead atoms. The SMILES string of the molecule is COC1(C(O)c2cc(F)cc(F)c2)CCCCC1. The fraction of sp³-hybridized carbons (Fsp3) is 0.571. The molecule has 1 aromatic rings. The van der Waals surface area contributed by atoms with E-state index in [2.05, 4.69) is 0 Å². The van der Waals surface area contributed by atoms with Crippen LogP contribution in [0.5, 0.6) is 0 Å². The first kappa shape index (κ1) is 13.4. The Morgan fingerprint density at radius 1 is 1.11 bits per heavy atom. The van der Waals surface area contributed by atoms with E-state index in [9.17, 15) is 13.9 Å². The van der Waals surface area contributed by atoms with Crippen LogP contribution in [0.3, 0.4) is 0 Å². The van der Waals surface area contributed by atoms with Crippen LogP contribution >= 0.6 is 0 Å². The van der Waals surface area contributed by atoms with Crippen LogP contribution in [0.4, 0.5) is 8.78 Å². The summed E-state index contributed by atoms with van der Waals surface area (Å²) < 4.78 is 31.9. The summed E-state index contributed by atoms with van der Waals surface area (Å²) in [5.74, 6) is -1.35. The van der Waals surface area contributed by atoms with Crippen LogP contribution in [-0.2, 0) is 4.74 Å². The quantitative estimate of drug-likeness (QED) is 0.898. The lowest BCUT2D eigenvalue weighted by Gasteiger charge is -2.40. The number of benzene rings is 1. The molecule has 2 nitrogen and oxygen atoms in total. The number of aliphatic hydroxyl groups is 1. The van der Waals surface area contributed by atoms with Gasteiger partial charge < -0.3 is 9.84 Å². The standard InChI is InChI=1S/C14H18F2O2/c1-18-14(5-3-2-4-6-14)13(17)10-7-11(15)9-12(16)8-10/h7-9,13,17H,2-6H2,1H3. The Labute approximate surface area is 106 Å². The Morgan fingerprint density at radius 2 is 1.67 bits per heavy atom. The van der Waals surface area contributed by atoms with Gasteiger partial charge in [0, 0.05) is 13.2 Å². The maximum absolute atomic E-state index is 13.2. The maximum Gasteiger partial charge on any atom is 0.126 e. The summed E-state index contributed by atoms with van der Waals surface area (Å²) in [5, 5.41) is 10.4. The van der Waals surface area contributed by atoms with Crippen molar-refractivity contribution in [3.05, 3.63) is 35.4 Å². The van der Waals surface area contributed by atoms with Gasteiger partial charge in [-0.25, -0.2) is 8.78 Å². The highest BCUT2D eigenvalue weighted by atomic mass is 19.1. The maximum atomic E-state index is 13.2. The zero-order valence-corrected chi connectivity index (χ0v) is 10.5. The molecule has 0 saturated heterocycles. The first-order chi connectivity index (χ1) is 8.57. The van der Waals surface area contributed by atoms with Crippen molar-refractivity contribution in [3.63, 3.8) is 0 Å². The summed E-state index contributed by atoms with van der Waals surface area (Å²) in [6.07, 6.45) is 3.46. The number of hydrogen-bond acceptors (Lipinski definition) is 2. The van der Waals surface area contributed by atoms with Crippen LogP contribution < -0.4 is 0 Å². The van der Waals surface area contributed by atoms with Gasteiger partial charge in [0.1, 0.15) is 17.7 Å². The van der Waals surface area contributed by atoms with Crippen molar-refractivity contribution in [1.29, 1.82) is 0 Å². The van der Waals surface area contributed by atoms with Gasteiger partial charge in [-0.1, -0.05) is 19.3 Å². The van der Waals surface area contributed by atoms with Crippen molar-refractivity contribution in [2.75, 3.05) is 7.11 Å². The molecule has 1 aliphatic rings. The van der Waals surface area contributed by atoms with Gasteiger partial charge in [-0.2, -0.15) is 0 Å². The molecular formula is C14H18F2O2. The summed E-state index contributed by atoms with van der Waals surface area (Å²) >= 11 is 0. The molecule has 1 aromatic carbocycles. The molecule has 0 amide bonds. The number of hydrogen-bond donors (Lipinski definition) is 1. The fourth-order valence-electron chi connectivity index (χ4n) is 2.78. The second-order valence-corrected chi connectivity index (χ2v) is 4.93. The van der Waals surface area contributed by atoms with Crippen LogP contribution in [0.1, 0.15) is 43.8 Å². The Morgan fingerprint density at radius 3 is 2.17 bits per heavy atom. The van der Waals surface area contributed by atoms with E-state index < -0.39 is 23.3 Å². The second-order valence-electron chi connectivity index (χ2n) is 4.93. The number of methoxy groups -OCH3 is 1. The van der Waals surface area contributed by atoms with Crippen LogP contribution in [0, 0.1) is 11.6 Å². The van der Waals surface area contributed by atoms with E-state index >= 15 is 0 Å². The third kappa shape index (κ3) is 2.54. The summed E-state index contributed by atoms with van der Waals surface area (Å²) in [4.78, 5) is 0. The molecule has 18 heavy (non-hydrogen) atoms. The van der Waals surface area contributed by atoms with E-state index in [1.807, 2.05) is 0 Å². The largest absolute Gasteiger partial charge is 0.385 e. The molecule has 1 N–H and O–H groups in total. The monoisotopic (exact) mass is 256 g/mol. The van der Waals surface area contributed by atoms with Crippen LogP contribution in [0.2, 0.25) is 0 Å². The van der Waals surface area contributed by atoms with E-state index in [-0.39, 0.29) is 5.56 Å². The normalized spacial score (nSPS) is 20.7. The van der Waals surface area contributed by atoms with Crippen molar-refractivity contribution in [3.8, 4) is 0 Å². The highest BCUT2D eigenvalue weighted by Crippen LogP contribution is 2.41. The van der Waals surface area contributed by atoms with Crippen LogP contribution in [-0.4, -0.2) is 17.8 Å². The summed E-state index contributed by atoms with van der Waals surface area (Å²) in [5.41, 5.74) is -0.463. The topological polar surface area (TPSA) is 29.5 Å². The van der Waals surface area contributed by atoms with Gasteiger partial charge in [0.05, 0.1) is 5.60 Å². The summed E-state index contributed by atoms with van der Waals surface area (Å²) in [6, 6.07) is 3.14. The van der Waals surface area contributed by atoms with Gasteiger partial charge in [0.15, 0.2) is 0 Å². The molecule has 4 heteroatoms. The number of ether oxygens (including phenoxy) is 1. The highest BCUT2D eigenvalue weighted by Gasteiger charge is 2.40. The Bertz CT molecular complexity index is 394. The minimum atomic E-state index is -0.993. The van der Waals surface area contributed by atoms with Gasteiger partial charge in [0.2, 0.25) is 0 Å². The van der Waals surface area contributed by atoms with Crippen molar-refractivity contribution < 1.29 is 18.6 Å². The Hall–Kier alpha value is -1.00. The molecule has 0 aliphatic heterocycles. The predicted octanol–water partition coefficient (Wildman–Crippen LogP) is 3.35. The van der Waals surface area contributed by atoms with Gasteiger partial charge >= 0.3 is 0 Å². The van der Waals surface area contributed by atoms with Gasteiger partial charge in [-0.3, -0.25) is 0 Å². The van der Waals surface area contributed by atoms with E-state index in [0.717, 1.165) is 25.3 Å². The lowest BCUT2D eigenvalue weighted by atomic mass is 9.78. The number of rotatable bonds is 3. The van der Waals surface area contributed by atoms with Crippen molar-refractivity contribution >= 4 is 0 Å². The van der Waals surface area contributed by atoms with Crippen LogP contribution in [0.15, 0.2) is 18.2 Å². The summed E-state index contributed by atoms with van der Waals surface area (Å²) in [7, 11) is 1.55. The van der Waals surface area contributed by atoms with Crippen molar-refractivity contribution in [2.24, 2.45) is 0 Å². The van der Waals surface area contributed by atoms with E-state index in [0.29, 0.717) is 12.8 Å². The molecule has 1 unspecified atom stereocenters. The lowest BCUT2D eigenvalue weighted by Crippen LogP contribution is -2.40. The summed E-state index contributed by atoms with van der Waals surface area (Å²) in [6.45, 7) is 0. The zero-order chi connectivity index (χ0) is 13.2. The minimum Gasteiger partial charge on any atom is -0.385 e. The average Bonchev–Trinajstić information content (AvgIpc) is 2.37. The minimum absolute atomic E-state index is 0.247. The average molecular weight is 256 g/mol. The molecule has 1 atom stereocenters. The van der Waals surface area contributed by atoms with Crippen molar-refractivity contribution in [1.82, 2.24) is 0 Å². The molecule has 1 saturated carbocycles. The molecular weight excluding hydrogens is 238 g/mol. The molecule has 0 aromatic heterocycles. The molecule has 0 radical (unpaired) electrons. The molecule has 100 valence electrons. The van der Waals surface area contributed by atoms with E-state index in [1.54, 1.807) is 7.11 Å². The molecule has 0 spiro atoms. The smallest absolute Gasteiger partial charge is 0.126 e. The molecule has 1 fully saturated rings. The Balaban J connectivity index is 2.30. The first-order valence-electron chi connectivity index (χ1n) is 6.27. The van der Waals surface area contributed by atoms with Gasteiger partial charge in [-0.05, 0) is 30.5 Å². The molecule has 2 rings (SSSR count). The van der Waals surface area contributed by atoms with Crippen molar-refractivity contribution in [2.45, 2.75) is 43.8 Å². The lowest BCUT2D eigenvalue weighted by molar-refractivity contribution is -0.125. The fourth-order valence-corrected chi connectivity index (χ4v) is 2.78. The first-order valence-corrected chi connectivity index (χ1v) is 6.27. The number of halogens is 2. The van der Waals surface area contributed by atoms with E-state index in [1.165, 1.54) is 12.1 Å². The van der Waals surface area contributed by atoms with Gasteiger partial charge in [-0.15, -0.1) is 0 Å². The van der Waals surface area contributed by atoms with Crippen LogP contribution in [0.25, 0.3) is 0 Å². The third-order valence-electron chi connectivity index (χ3n) is 3.81. The predicted molar refractivity (Wildman–Crippen MR) is 64.1 cm³/mol. The van der Waals surface area contributed by atoms with E-state index in [4.69, 9.17) is 4.74 Å². The second kappa shape index (κ2) is 5.33. The number of aliphatic hydroxyl groups excluding tert-OH is 1. The molecule has 0 heterocycles. The third-order valence-corrected chi connectivity index (χ3v) is 3.81. The van der Waals surface area contributed by atoms with Gasteiger partial charge in [0.25, 0.3) is 0 Å². The molecule has 1 aliphatic carbocycles. The zero-order valence-electron chi connectivity index (χ0n) is 10.5.